The summed E-state index contributed by atoms with van der Waals surface area (Å²) in [4.78, 5) is 12.1. The zero-order chi connectivity index (χ0) is 16.9. The monoisotopic (exact) mass is 389 g/mol. The summed E-state index contributed by atoms with van der Waals surface area (Å²) in [5.41, 5.74) is 2.31. The first-order valence-corrected chi connectivity index (χ1v) is 8.10. The molecule has 0 bridgehead atoms. The van der Waals surface area contributed by atoms with E-state index in [1.54, 1.807) is 17.9 Å². The Morgan fingerprint density at radius 1 is 1.21 bits per heavy atom. The molecule has 0 aliphatic rings. The third kappa shape index (κ3) is 3.58. The van der Waals surface area contributed by atoms with Gasteiger partial charge in [0.2, 0.25) is 0 Å². The number of anilines is 1. The Hall–Kier alpha value is -2.38. The molecule has 7 heteroatoms. The molecule has 0 unspecified atom stereocenters. The van der Waals surface area contributed by atoms with Crippen molar-refractivity contribution in [1.82, 2.24) is 9.78 Å². The van der Waals surface area contributed by atoms with Crippen molar-refractivity contribution in [2.45, 2.75) is 13.3 Å². The molecule has 0 spiro atoms. The molecule has 0 fully saturated rings. The second-order valence-corrected chi connectivity index (χ2v) is 5.85. The molecule has 0 aliphatic carbocycles. The molecule has 0 radical (unpaired) electrons. The number of carbonyl (C=O) groups is 1. The number of ether oxygens (including phenoxy) is 2. The van der Waals surface area contributed by atoms with Gasteiger partial charge in [-0.05, 0) is 33.6 Å². The van der Waals surface area contributed by atoms with Gasteiger partial charge in [0.1, 0.15) is 17.9 Å². The van der Waals surface area contributed by atoms with Crippen molar-refractivity contribution in [3.8, 4) is 0 Å². The minimum atomic E-state index is -0.521. The number of carbonyl (C=O) groups excluding carboxylic acids is 1. The van der Waals surface area contributed by atoms with Crippen LogP contribution < -0.4 is 5.32 Å². The SMILES string of the molecule is COCn1nc(Br)c2cccc(NC(=O)OCc3ccccc3)c21. The maximum absolute atomic E-state index is 12.1. The summed E-state index contributed by atoms with van der Waals surface area (Å²) >= 11 is 3.42. The number of halogens is 1. The maximum atomic E-state index is 12.1. The fraction of sp³-hybridized carbons (Fsp3) is 0.176. The first-order valence-electron chi connectivity index (χ1n) is 7.30. The summed E-state index contributed by atoms with van der Waals surface area (Å²) in [5, 5.41) is 8.01. The molecule has 0 saturated heterocycles. The molecule has 1 N–H and O–H groups in total. The van der Waals surface area contributed by atoms with E-state index in [0.717, 1.165) is 16.5 Å². The van der Waals surface area contributed by atoms with Crippen molar-refractivity contribution in [3.05, 3.63) is 58.7 Å². The summed E-state index contributed by atoms with van der Waals surface area (Å²) in [6, 6.07) is 15.1. The Labute approximate surface area is 147 Å². The van der Waals surface area contributed by atoms with Crippen LogP contribution in [0, 0.1) is 0 Å². The summed E-state index contributed by atoms with van der Waals surface area (Å²) in [7, 11) is 1.59. The lowest BCUT2D eigenvalue weighted by Crippen LogP contribution is -2.14. The van der Waals surface area contributed by atoms with Crippen LogP contribution in [0.4, 0.5) is 10.5 Å². The van der Waals surface area contributed by atoms with Crippen molar-refractivity contribution < 1.29 is 14.3 Å². The van der Waals surface area contributed by atoms with Gasteiger partial charge >= 0.3 is 6.09 Å². The van der Waals surface area contributed by atoms with Crippen LogP contribution in [0.2, 0.25) is 0 Å². The number of fused-ring (bicyclic) bond motifs is 1. The highest BCUT2D eigenvalue weighted by Crippen LogP contribution is 2.29. The summed E-state index contributed by atoms with van der Waals surface area (Å²) < 4.78 is 12.8. The van der Waals surface area contributed by atoms with Gasteiger partial charge in [-0.15, -0.1) is 0 Å². The molecule has 24 heavy (non-hydrogen) atoms. The lowest BCUT2D eigenvalue weighted by atomic mass is 10.2. The van der Waals surface area contributed by atoms with E-state index in [4.69, 9.17) is 9.47 Å². The Kier molecular flexibility index (Phi) is 5.12. The number of nitrogens with one attached hydrogen (secondary N) is 1. The van der Waals surface area contributed by atoms with Gasteiger partial charge in [0, 0.05) is 12.5 Å². The largest absolute Gasteiger partial charge is 0.444 e. The highest BCUT2D eigenvalue weighted by Gasteiger charge is 2.14. The number of benzene rings is 2. The van der Waals surface area contributed by atoms with Crippen molar-refractivity contribution in [2.24, 2.45) is 0 Å². The normalized spacial score (nSPS) is 10.8. The molecule has 1 heterocycles. The van der Waals surface area contributed by atoms with Crippen LogP contribution in [0.1, 0.15) is 5.56 Å². The van der Waals surface area contributed by atoms with Gasteiger partial charge in [0.25, 0.3) is 0 Å². The average molecular weight is 390 g/mol. The van der Waals surface area contributed by atoms with E-state index in [0.29, 0.717) is 10.3 Å². The number of aromatic nitrogens is 2. The third-order valence-corrected chi connectivity index (χ3v) is 4.01. The molecule has 124 valence electrons. The molecule has 0 atom stereocenters. The van der Waals surface area contributed by atoms with Crippen LogP contribution in [0.5, 0.6) is 0 Å². The van der Waals surface area contributed by atoms with Crippen molar-refractivity contribution in [2.75, 3.05) is 12.4 Å². The van der Waals surface area contributed by atoms with Crippen LogP contribution in [0.3, 0.4) is 0 Å². The number of amides is 1. The Morgan fingerprint density at radius 3 is 2.75 bits per heavy atom. The lowest BCUT2D eigenvalue weighted by molar-refractivity contribution is 0.124. The predicted octanol–water partition coefficient (Wildman–Crippen LogP) is 4.15. The van der Waals surface area contributed by atoms with Gasteiger partial charge in [-0.3, -0.25) is 5.32 Å². The number of nitrogens with zero attached hydrogens (tertiary/aromatic N) is 2. The Morgan fingerprint density at radius 2 is 2.00 bits per heavy atom. The number of rotatable bonds is 5. The van der Waals surface area contributed by atoms with Gasteiger partial charge in [-0.1, -0.05) is 36.4 Å². The fourth-order valence-electron chi connectivity index (χ4n) is 2.38. The molecular weight excluding hydrogens is 374 g/mol. The predicted molar refractivity (Wildman–Crippen MR) is 94.7 cm³/mol. The van der Waals surface area contributed by atoms with E-state index >= 15 is 0 Å². The van der Waals surface area contributed by atoms with Crippen molar-refractivity contribution in [3.63, 3.8) is 0 Å². The van der Waals surface area contributed by atoms with Crippen molar-refractivity contribution in [1.29, 1.82) is 0 Å². The zero-order valence-electron chi connectivity index (χ0n) is 13.0. The van der Waals surface area contributed by atoms with Gasteiger partial charge in [0.05, 0.1) is 11.2 Å². The number of hydrogen-bond donors (Lipinski definition) is 1. The van der Waals surface area contributed by atoms with Crippen LogP contribution in [0.25, 0.3) is 10.9 Å². The van der Waals surface area contributed by atoms with E-state index in [-0.39, 0.29) is 13.3 Å². The van der Waals surface area contributed by atoms with Crippen LogP contribution >= 0.6 is 15.9 Å². The van der Waals surface area contributed by atoms with Crippen LogP contribution in [0.15, 0.2) is 53.1 Å². The van der Waals surface area contributed by atoms with E-state index < -0.39 is 6.09 Å². The van der Waals surface area contributed by atoms with Gasteiger partial charge < -0.3 is 9.47 Å². The smallest absolute Gasteiger partial charge is 0.412 e. The molecule has 6 nitrogen and oxygen atoms in total. The van der Waals surface area contributed by atoms with Gasteiger partial charge in [0.15, 0.2) is 0 Å². The van der Waals surface area contributed by atoms with Crippen LogP contribution in [-0.2, 0) is 22.8 Å². The lowest BCUT2D eigenvalue weighted by Gasteiger charge is -2.10. The molecule has 3 aromatic rings. The first kappa shape index (κ1) is 16.5. The molecule has 0 saturated carbocycles. The highest BCUT2D eigenvalue weighted by atomic mass is 79.9. The Bertz CT molecular complexity index is 849. The topological polar surface area (TPSA) is 65.4 Å². The quantitative estimate of drug-likeness (QED) is 0.711. The molecule has 1 aromatic heterocycles. The zero-order valence-corrected chi connectivity index (χ0v) is 14.6. The summed E-state index contributed by atoms with van der Waals surface area (Å²) in [6.07, 6.45) is -0.521. The second-order valence-electron chi connectivity index (χ2n) is 5.10. The number of para-hydroxylation sites is 1. The number of methoxy groups -OCH3 is 1. The number of hydrogen-bond acceptors (Lipinski definition) is 4. The minimum Gasteiger partial charge on any atom is -0.444 e. The second kappa shape index (κ2) is 7.46. The van der Waals surface area contributed by atoms with Crippen LogP contribution in [-0.4, -0.2) is 23.0 Å². The maximum Gasteiger partial charge on any atom is 0.412 e. The van der Waals surface area contributed by atoms with E-state index in [9.17, 15) is 4.79 Å². The molecule has 1 amide bonds. The standard InChI is InChI=1S/C17H16BrN3O3/c1-23-11-21-15-13(16(18)20-21)8-5-9-14(15)19-17(22)24-10-12-6-3-2-4-7-12/h2-9H,10-11H2,1H3,(H,19,22). The van der Waals surface area contributed by atoms with E-state index in [1.807, 2.05) is 42.5 Å². The highest BCUT2D eigenvalue weighted by molar-refractivity contribution is 9.10. The summed E-state index contributed by atoms with van der Waals surface area (Å²) in [6.45, 7) is 0.490. The summed E-state index contributed by atoms with van der Waals surface area (Å²) in [5.74, 6) is 0. The molecule has 3 rings (SSSR count). The first-order chi connectivity index (χ1) is 11.7. The van der Waals surface area contributed by atoms with E-state index in [2.05, 4.69) is 26.3 Å². The molecular formula is C17H16BrN3O3. The molecule has 2 aromatic carbocycles. The van der Waals surface area contributed by atoms with Gasteiger partial charge in [-0.2, -0.15) is 5.10 Å². The minimum absolute atomic E-state index is 0.212. The van der Waals surface area contributed by atoms with Gasteiger partial charge in [-0.25, -0.2) is 9.48 Å². The average Bonchev–Trinajstić information content (AvgIpc) is 2.91. The molecule has 0 aliphatic heterocycles. The van der Waals surface area contributed by atoms with E-state index in [1.165, 1.54) is 0 Å². The van der Waals surface area contributed by atoms with Crippen molar-refractivity contribution >= 4 is 38.6 Å². The third-order valence-electron chi connectivity index (χ3n) is 3.43. The Balaban J connectivity index is 1.78. The fourth-order valence-corrected chi connectivity index (χ4v) is 2.90.